The third kappa shape index (κ3) is 9.43. The highest BCUT2D eigenvalue weighted by atomic mass is 16.6. The van der Waals surface area contributed by atoms with E-state index in [2.05, 4.69) is 5.32 Å². The molecule has 136 valence electrons. The first-order valence-electron chi connectivity index (χ1n) is 8.29. The van der Waals surface area contributed by atoms with Crippen LogP contribution in [0.5, 0.6) is 0 Å². The van der Waals surface area contributed by atoms with E-state index in [1.54, 1.807) is 34.6 Å². The predicted molar refractivity (Wildman–Crippen MR) is 89.3 cm³/mol. The van der Waals surface area contributed by atoms with Crippen molar-refractivity contribution in [2.45, 2.75) is 85.7 Å². The first-order chi connectivity index (χ1) is 10.5. The van der Waals surface area contributed by atoms with Gasteiger partial charge >= 0.3 is 12.1 Å². The Labute approximate surface area is 140 Å². The van der Waals surface area contributed by atoms with Crippen molar-refractivity contribution >= 4 is 12.1 Å². The Morgan fingerprint density at radius 2 is 1.65 bits per heavy atom. The van der Waals surface area contributed by atoms with Gasteiger partial charge in [0, 0.05) is 6.61 Å². The second-order valence-electron chi connectivity index (χ2n) is 7.09. The summed E-state index contributed by atoms with van der Waals surface area (Å²) in [5.41, 5.74) is -0.613. The van der Waals surface area contributed by atoms with E-state index in [0.29, 0.717) is 6.61 Å². The van der Waals surface area contributed by atoms with Crippen molar-refractivity contribution in [3.63, 3.8) is 0 Å². The molecular formula is C17H33NO5. The third-order valence-electron chi connectivity index (χ3n) is 3.02. The zero-order chi connectivity index (χ0) is 18.2. The van der Waals surface area contributed by atoms with Crippen LogP contribution in [-0.2, 0) is 19.0 Å². The van der Waals surface area contributed by atoms with Crippen molar-refractivity contribution in [1.29, 1.82) is 0 Å². The summed E-state index contributed by atoms with van der Waals surface area (Å²) in [6.45, 7) is 15.3. The van der Waals surface area contributed by atoms with Crippen LogP contribution in [0.2, 0.25) is 0 Å². The minimum atomic E-state index is -0.786. The molecule has 0 fully saturated rings. The van der Waals surface area contributed by atoms with Crippen LogP contribution in [0.3, 0.4) is 0 Å². The van der Waals surface area contributed by atoms with Crippen molar-refractivity contribution in [3.05, 3.63) is 0 Å². The van der Waals surface area contributed by atoms with Gasteiger partial charge in [0.1, 0.15) is 17.7 Å². The Balaban J connectivity index is 4.51. The minimum Gasteiger partial charge on any atom is -0.458 e. The van der Waals surface area contributed by atoms with E-state index < -0.39 is 29.8 Å². The van der Waals surface area contributed by atoms with Crippen LogP contribution in [0.1, 0.15) is 61.8 Å². The number of carbonyl (C=O) groups is 2. The fourth-order valence-electron chi connectivity index (χ4n) is 2.02. The fourth-order valence-corrected chi connectivity index (χ4v) is 2.02. The molecule has 0 saturated carbocycles. The topological polar surface area (TPSA) is 73.9 Å². The van der Waals surface area contributed by atoms with Gasteiger partial charge in [0.05, 0.1) is 6.10 Å². The van der Waals surface area contributed by atoms with Crippen molar-refractivity contribution in [2.75, 3.05) is 6.61 Å². The molecule has 0 aliphatic carbocycles. The average Bonchev–Trinajstić information content (AvgIpc) is 2.35. The highest BCUT2D eigenvalue weighted by Crippen LogP contribution is 2.15. The molecule has 0 aliphatic rings. The van der Waals surface area contributed by atoms with Crippen LogP contribution in [-0.4, -0.2) is 42.5 Å². The number of nitrogens with one attached hydrogen (secondary N) is 1. The number of ether oxygens (including phenoxy) is 3. The molecule has 0 aromatic carbocycles. The van der Waals surface area contributed by atoms with E-state index in [4.69, 9.17) is 14.2 Å². The number of carbonyl (C=O) groups excluding carboxylic acids is 2. The van der Waals surface area contributed by atoms with Gasteiger partial charge in [-0.25, -0.2) is 9.59 Å². The van der Waals surface area contributed by atoms with Crippen LogP contribution in [0, 0.1) is 5.92 Å². The van der Waals surface area contributed by atoms with Gasteiger partial charge in [0.2, 0.25) is 0 Å². The third-order valence-corrected chi connectivity index (χ3v) is 3.02. The van der Waals surface area contributed by atoms with Crippen LogP contribution in [0.15, 0.2) is 0 Å². The van der Waals surface area contributed by atoms with Gasteiger partial charge in [-0.1, -0.05) is 20.8 Å². The summed E-state index contributed by atoms with van der Waals surface area (Å²) in [5, 5.41) is 2.48. The summed E-state index contributed by atoms with van der Waals surface area (Å²) >= 11 is 0. The molecule has 0 aromatic rings. The molecule has 1 N–H and O–H groups in total. The van der Waals surface area contributed by atoms with Crippen molar-refractivity contribution < 1.29 is 23.8 Å². The van der Waals surface area contributed by atoms with Crippen LogP contribution < -0.4 is 5.32 Å². The van der Waals surface area contributed by atoms with Gasteiger partial charge in [-0.05, 0) is 47.0 Å². The molecule has 0 saturated heterocycles. The summed E-state index contributed by atoms with van der Waals surface area (Å²) in [6.07, 6.45) is -0.303. The van der Waals surface area contributed by atoms with Crippen molar-refractivity contribution in [3.8, 4) is 0 Å². The van der Waals surface area contributed by atoms with Crippen LogP contribution in [0.4, 0.5) is 4.79 Å². The lowest BCUT2D eigenvalue weighted by atomic mass is 10.0. The summed E-state index contributed by atoms with van der Waals surface area (Å²) in [5.74, 6) is -0.285. The van der Waals surface area contributed by atoms with E-state index in [1.807, 2.05) is 20.8 Å². The molecule has 0 bridgehead atoms. The predicted octanol–water partition coefficient (Wildman–Crippen LogP) is 3.28. The molecule has 0 rings (SSSR count). The van der Waals surface area contributed by atoms with E-state index in [1.165, 1.54) is 0 Å². The Kier molecular flexibility index (Phi) is 9.20. The highest BCUT2D eigenvalue weighted by molar-refractivity contribution is 5.81. The van der Waals surface area contributed by atoms with Gasteiger partial charge in [-0.2, -0.15) is 0 Å². The lowest BCUT2D eigenvalue weighted by molar-refractivity contribution is -0.160. The molecule has 0 radical (unpaired) electrons. The molecule has 3 atom stereocenters. The standard InChI is InChI=1S/C17H33NO5/c1-9-10-21-14(11(2)3)13(5)22-15(19)12(4)18-16(20)23-17(6,7)8/h11-14H,9-10H2,1-8H3,(H,18,20)/t12-,13-,14+/m0/s1. The van der Waals surface area contributed by atoms with Crippen LogP contribution in [0.25, 0.3) is 0 Å². The zero-order valence-electron chi connectivity index (χ0n) is 15.8. The van der Waals surface area contributed by atoms with E-state index in [0.717, 1.165) is 6.42 Å². The number of hydrogen-bond donors (Lipinski definition) is 1. The normalized spacial score (nSPS) is 15.7. The zero-order valence-corrected chi connectivity index (χ0v) is 15.8. The van der Waals surface area contributed by atoms with Gasteiger partial charge in [-0.15, -0.1) is 0 Å². The molecule has 6 heteroatoms. The quantitative estimate of drug-likeness (QED) is 0.691. The number of hydrogen-bond acceptors (Lipinski definition) is 5. The maximum atomic E-state index is 12.1. The van der Waals surface area contributed by atoms with E-state index >= 15 is 0 Å². The maximum absolute atomic E-state index is 12.1. The second-order valence-corrected chi connectivity index (χ2v) is 7.09. The fraction of sp³-hybridized carbons (Fsp3) is 0.882. The Bertz CT molecular complexity index is 376. The minimum absolute atomic E-state index is 0.173. The molecule has 0 aliphatic heterocycles. The maximum Gasteiger partial charge on any atom is 0.408 e. The Morgan fingerprint density at radius 3 is 2.09 bits per heavy atom. The van der Waals surface area contributed by atoms with Gasteiger partial charge in [-0.3, -0.25) is 0 Å². The molecule has 1 amide bonds. The highest BCUT2D eigenvalue weighted by Gasteiger charge is 2.28. The van der Waals surface area contributed by atoms with Gasteiger partial charge < -0.3 is 19.5 Å². The van der Waals surface area contributed by atoms with Crippen molar-refractivity contribution in [1.82, 2.24) is 5.32 Å². The SMILES string of the molecule is CCCO[C@H](C(C)C)[C@H](C)OC(=O)[C@H](C)NC(=O)OC(C)(C)C. The summed E-state index contributed by atoms with van der Waals surface area (Å²) in [7, 11) is 0. The smallest absolute Gasteiger partial charge is 0.408 e. The lowest BCUT2D eigenvalue weighted by Gasteiger charge is -2.28. The summed E-state index contributed by atoms with van der Waals surface area (Å²) < 4.78 is 16.3. The Hall–Kier alpha value is -1.30. The van der Waals surface area contributed by atoms with E-state index in [9.17, 15) is 9.59 Å². The van der Waals surface area contributed by atoms with Gasteiger partial charge in [0.25, 0.3) is 0 Å². The number of alkyl carbamates (subject to hydrolysis) is 1. The first kappa shape index (κ1) is 21.7. The second kappa shape index (κ2) is 9.75. The molecule has 0 aromatic heterocycles. The number of amides is 1. The number of esters is 1. The molecule has 6 nitrogen and oxygen atoms in total. The molecule has 0 heterocycles. The lowest BCUT2D eigenvalue weighted by Crippen LogP contribution is -2.45. The average molecular weight is 331 g/mol. The Morgan fingerprint density at radius 1 is 1.09 bits per heavy atom. The van der Waals surface area contributed by atoms with Crippen LogP contribution >= 0.6 is 0 Å². The molecule has 0 spiro atoms. The summed E-state index contributed by atoms with van der Waals surface area (Å²) in [4.78, 5) is 23.8. The molecule has 23 heavy (non-hydrogen) atoms. The monoisotopic (exact) mass is 331 g/mol. The molecular weight excluding hydrogens is 298 g/mol. The van der Waals surface area contributed by atoms with E-state index in [-0.39, 0.29) is 12.0 Å². The van der Waals surface area contributed by atoms with Gasteiger partial charge in [0.15, 0.2) is 0 Å². The summed E-state index contributed by atoms with van der Waals surface area (Å²) in [6, 6.07) is -0.786. The number of rotatable bonds is 8. The largest absolute Gasteiger partial charge is 0.458 e. The molecule has 0 unspecified atom stereocenters. The van der Waals surface area contributed by atoms with Crippen molar-refractivity contribution in [2.24, 2.45) is 5.92 Å². The first-order valence-corrected chi connectivity index (χ1v) is 8.29.